The molecular weight excluding hydrogens is 630 g/mol. The predicted molar refractivity (Wildman–Crippen MR) is 160 cm³/mol. The SMILES string of the molecule is [2H]C([2H])(Oc1nc(N2C[C@H]3CC[C@@H](C2)N3)c2cc(C(F)(F)F)n(-c3cc(O)cc4ccc(F)c(F)c34)c(=O)c2n1)[C@@]12CCCN1C[C@H](F)C2. The second-order valence-corrected chi connectivity index (χ2v) is 12.8. The fourth-order valence-corrected chi connectivity index (χ4v) is 7.79. The van der Waals surface area contributed by atoms with Gasteiger partial charge in [0, 0.05) is 49.6 Å². The standard InChI is InChI=1S/C32H30F6N6O3/c33-17-11-31(6-1-7-43(31)12-17)15-47-30-40-27-21(28(41-30)42-13-18-3-4-19(14-42)39-18)10-24(32(36,37)38)44(29(27)46)23-9-20(45)8-16-2-5-22(34)26(35)25(16)23/h2,5,8-10,17-19,39,45H,1,3-4,6-7,11-15H2/t17-,18-,19+,31+/m1/s1/i15D2. The highest BCUT2D eigenvalue weighted by molar-refractivity contribution is 5.94. The van der Waals surface area contributed by atoms with Crippen LogP contribution < -0.4 is 20.5 Å². The Morgan fingerprint density at radius 1 is 1.11 bits per heavy atom. The van der Waals surface area contributed by atoms with Gasteiger partial charge in [-0.15, -0.1) is 0 Å². The van der Waals surface area contributed by atoms with Gasteiger partial charge in [0.15, 0.2) is 11.6 Å². The molecule has 2 aromatic heterocycles. The van der Waals surface area contributed by atoms with E-state index in [1.54, 1.807) is 9.80 Å². The number of anilines is 1. The highest BCUT2D eigenvalue weighted by Crippen LogP contribution is 2.42. The summed E-state index contributed by atoms with van der Waals surface area (Å²) in [5.74, 6) is -3.64. The van der Waals surface area contributed by atoms with Crippen LogP contribution in [0.15, 0.2) is 35.1 Å². The van der Waals surface area contributed by atoms with Gasteiger partial charge in [-0.3, -0.25) is 14.3 Å². The average Bonchev–Trinajstić information content (AvgIpc) is 3.69. The van der Waals surface area contributed by atoms with Crippen LogP contribution >= 0.6 is 0 Å². The van der Waals surface area contributed by atoms with Crippen molar-refractivity contribution in [2.75, 3.05) is 37.6 Å². The van der Waals surface area contributed by atoms with Crippen LogP contribution in [0.5, 0.6) is 11.8 Å². The van der Waals surface area contributed by atoms with Crippen LogP contribution in [0.3, 0.4) is 0 Å². The summed E-state index contributed by atoms with van der Waals surface area (Å²) in [7, 11) is 0. The Bertz CT molecular complexity index is 2070. The lowest BCUT2D eigenvalue weighted by molar-refractivity contribution is -0.142. The van der Waals surface area contributed by atoms with E-state index in [1.165, 1.54) is 0 Å². The number of benzene rings is 2. The fourth-order valence-electron chi connectivity index (χ4n) is 7.79. The first-order valence-electron chi connectivity index (χ1n) is 16.4. The molecule has 15 heteroatoms. The topological polar surface area (TPSA) is 95.8 Å². The predicted octanol–water partition coefficient (Wildman–Crippen LogP) is 4.83. The third kappa shape index (κ3) is 4.96. The number of aromatic hydroxyl groups is 1. The molecule has 4 aliphatic heterocycles. The Labute approximate surface area is 266 Å². The lowest BCUT2D eigenvalue weighted by atomic mass is 9.95. The highest BCUT2D eigenvalue weighted by atomic mass is 19.4. The maximum Gasteiger partial charge on any atom is 0.431 e. The number of nitrogens with zero attached hydrogens (tertiary/aromatic N) is 5. The first kappa shape index (κ1) is 28.0. The Morgan fingerprint density at radius 2 is 1.87 bits per heavy atom. The summed E-state index contributed by atoms with van der Waals surface area (Å²) in [5, 5.41) is 12.7. The van der Waals surface area contributed by atoms with Gasteiger partial charge in [0.2, 0.25) is 0 Å². The number of halogens is 6. The Hall–Kier alpha value is -4.11. The maximum atomic E-state index is 15.3. The Balaban J connectivity index is 1.38. The number of phenols is 1. The van der Waals surface area contributed by atoms with Gasteiger partial charge in [-0.05, 0) is 55.8 Å². The monoisotopic (exact) mass is 662 g/mol. The molecule has 4 saturated heterocycles. The number of nitrogens with one attached hydrogen (secondary N) is 1. The van der Waals surface area contributed by atoms with Gasteiger partial charge in [-0.1, -0.05) is 6.07 Å². The first-order chi connectivity index (χ1) is 23.1. The summed E-state index contributed by atoms with van der Waals surface area (Å²) in [6, 6.07) is 3.49. The number of rotatable bonds is 5. The third-order valence-corrected chi connectivity index (χ3v) is 9.78. The second-order valence-electron chi connectivity index (χ2n) is 12.8. The number of aromatic nitrogens is 3. The van der Waals surface area contributed by atoms with E-state index in [2.05, 4.69) is 15.3 Å². The fraction of sp³-hybridized carbons (Fsp3) is 0.469. The van der Waals surface area contributed by atoms with Crippen LogP contribution in [0, 0.1) is 11.6 Å². The van der Waals surface area contributed by atoms with Crippen molar-refractivity contribution in [1.29, 1.82) is 0 Å². The number of fused-ring (bicyclic) bond motifs is 5. The maximum absolute atomic E-state index is 15.3. The molecule has 0 radical (unpaired) electrons. The van der Waals surface area contributed by atoms with Gasteiger partial charge in [0.05, 0.1) is 19.4 Å². The van der Waals surface area contributed by atoms with Crippen molar-refractivity contribution in [3.05, 3.63) is 58.0 Å². The molecule has 4 aliphatic rings. The van der Waals surface area contributed by atoms with Crippen molar-refractivity contribution in [3.8, 4) is 17.4 Å². The molecule has 2 bridgehead atoms. The Kier molecular flexibility index (Phi) is 6.37. The summed E-state index contributed by atoms with van der Waals surface area (Å²) in [6.45, 7) is -1.51. The number of phenolic OH excluding ortho intramolecular Hbond substituents is 1. The molecule has 248 valence electrons. The Morgan fingerprint density at radius 3 is 2.62 bits per heavy atom. The zero-order valence-corrected chi connectivity index (χ0v) is 24.8. The van der Waals surface area contributed by atoms with Gasteiger partial charge in [-0.2, -0.15) is 23.1 Å². The lowest BCUT2D eigenvalue weighted by Gasteiger charge is -2.34. The minimum atomic E-state index is -5.22. The van der Waals surface area contributed by atoms with Crippen molar-refractivity contribution in [3.63, 3.8) is 0 Å². The molecule has 0 aliphatic carbocycles. The van der Waals surface area contributed by atoms with Crippen LogP contribution in [0.2, 0.25) is 0 Å². The van der Waals surface area contributed by atoms with E-state index in [0.717, 1.165) is 37.1 Å². The summed E-state index contributed by atoms with van der Waals surface area (Å²) < 4.78 is 113. The number of piperazine rings is 1. The molecule has 0 saturated carbocycles. The second kappa shape index (κ2) is 10.7. The van der Waals surface area contributed by atoms with E-state index in [4.69, 9.17) is 7.48 Å². The molecule has 6 heterocycles. The number of hydrogen-bond acceptors (Lipinski definition) is 8. The number of pyridine rings is 1. The zero-order chi connectivity index (χ0) is 34.6. The summed E-state index contributed by atoms with van der Waals surface area (Å²) in [5.41, 5.74) is -5.74. The van der Waals surface area contributed by atoms with Gasteiger partial charge >= 0.3 is 12.2 Å². The van der Waals surface area contributed by atoms with Crippen LogP contribution in [0.25, 0.3) is 27.4 Å². The molecule has 2 aromatic carbocycles. The van der Waals surface area contributed by atoms with Crippen molar-refractivity contribution < 1.29 is 38.9 Å². The van der Waals surface area contributed by atoms with Crippen LogP contribution in [-0.4, -0.2) is 81.1 Å². The zero-order valence-electron chi connectivity index (χ0n) is 26.8. The van der Waals surface area contributed by atoms with Crippen molar-refractivity contribution in [2.24, 2.45) is 0 Å². The first-order valence-corrected chi connectivity index (χ1v) is 15.4. The minimum absolute atomic E-state index is 0.0101. The largest absolute Gasteiger partial charge is 0.508 e. The molecule has 2 N–H and O–H groups in total. The third-order valence-electron chi connectivity index (χ3n) is 9.78. The molecule has 4 atom stereocenters. The number of ether oxygens (including phenoxy) is 1. The van der Waals surface area contributed by atoms with E-state index in [1.807, 2.05) is 0 Å². The molecular formula is C32H30F6N6O3. The van der Waals surface area contributed by atoms with Crippen molar-refractivity contribution in [1.82, 2.24) is 24.8 Å². The van der Waals surface area contributed by atoms with Crippen LogP contribution in [0.1, 0.15) is 40.5 Å². The van der Waals surface area contributed by atoms with E-state index in [-0.39, 0.29) is 52.6 Å². The molecule has 9 nitrogen and oxygen atoms in total. The average molecular weight is 663 g/mol. The normalized spacial score (nSPS) is 27.0. The van der Waals surface area contributed by atoms with Gasteiger partial charge in [-0.25, -0.2) is 13.2 Å². The van der Waals surface area contributed by atoms with E-state index >= 15 is 4.39 Å². The van der Waals surface area contributed by atoms with Crippen LogP contribution in [-0.2, 0) is 6.18 Å². The minimum Gasteiger partial charge on any atom is -0.508 e. The van der Waals surface area contributed by atoms with E-state index in [9.17, 15) is 31.9 Å². The summed E-state index contributed by atoms with van der Waals surface area (Å²) >= 11 is 0. The van der Waals surface area contributed by atoms with Crippen LogP contribution in [0.4, 0.5) is 32.2 Å². The highest BCUT2D eigenvalue weighted by Gasteiger charge is 2.49. The van der Waals surface area contributed by atoms with Crippen molar-refractivity contribution >= 4 is 27.5 Å². The molecule has 4 fully saturated rings. The molecule has 0 amide bonds. The van der Waals surface area contributed by atoms with E-state index < -0.39 is 75.7 Å². The summed E-state index contributed by atoms with van der Waals surface area (Å²) in [6.07, 6.45) is -4.23. The lowest BCUT2D eigenvalue weighted by Crippen LogP contribution is -2.51. The smallest absolute Gasteiger partial charge is 0.431 e. The quantitative estimate of drug-likeness (QED) is 0.294. The summed E-state index contributed by atoms with van der Waals surface area (Å²) in [4.78, 5) is 26.3. The number of hydrogen-bond donors (Lipinski definition) is 2. The van der Waals surface area contributed by atoms with Crippen molar-refractivity contribution in [2.45, 2.75) is 62.1 Å². The van der Waals surface area contributed by atoms with Gasteiger partial charge in [0.25, 0.3) is 5.56 Å². The molecule has 0 spiro atoms. The van der Waals surface area contributed by atoms with E-state index in [0.29, 0.717) is 32.1 Å². The van der Waals surface area contributed by atoms with Gasteiger partial charge < -0.3 is 20.1 Å². The molecule has 8 rings (SSSR count). The molecule has 47 heavy (non-hydrogen) atoms. The van der Waals surface area contributed by atoms with Gasteiger partial charge in [0.1, 0.15) is 35.5 Å². The number of alkyl halides is 4. The molecule has 4 aromatic rings. The molecule has 0 unspecified atom stereocenters.